The minimum atomic E-state index is -0.166. The largest absolute Gasteiger partial charge is 0.507 e. The van der Waals surface area contributed by atoms with Gasteiger partial charge in [0, 0.05) is 24.9 Å². The summed E-state index contributed by atoms with van der Waals surface area (Å²) in [4.78, 5) is 20.7. The SMILES string of the molecule is C=CN=C(/C=N/NC=S)C(=C)N.CNCCNC(=O)c1ccc(-n2nc(-c3ccccc3O)nc2-c2ccccc2O)cc1. The van der Waals surface area contributed by atoms with Gasteiger partial charge in [0.05, 0.1) is 34.2 Å². The highest BCUT2D eigenvalue weighted by molar-refractivity contribution is 7.78. The molecule has 0 spiro atoms. The van der Waals surface area contributed by atoms with Crippen molar-refractivity contribution in [2.45, 2.75) is 0 Å². The summed E-state index contributed by atoms with van der Waals surface area (Å²) in [6.45, 7) is 8.12. The Morgan fingerprint density at radius 3 is 2.23 bits per heavy atom. The average molecular weight is 612 g/mol. The van der Waals surface area contributed by atoms with E-state index in [0.717, 1.165) is 0 Å². The van der Waals surface area contributed by atoms with Crippen LogP contribution in [0.25, 0.3) is 28.5 Å². The van der Waals surface area contributed by atoms with Crippen molar-refractivity contribution in [2.24, 2.45) is 15.8 Å². The van der Waals surface area contributed by atoms with E-state index in [2.05, 4.69) is 61.6 Å². The summed E-state index contributed by atoms with van der Waals surface area (Å²) in [5.41, 5.74) is 12.0. The highest BCUT2D eigenvalue weighted by Gasteiger charge is 2.19. The molecule has 0 aliphatic heterocycles. The quantitative estimate of drug-likeness (QED) is 0.0606. The number of phenolic OH excluding ortho intramolecular Hbond substituents is 2. The van der Waals surface area contributed by atoms with Crippen LogP contribution in [0, 0.1) is 0 Å². The number of nitrogens with zero attached hydrogens (tertiary/aromatic N) is 5. The molecule has 0 bridgehead atoms. The average Bonchev–Trinajstić information content (AvgIpc) is 3.46. The first-order valence-electron chi connectivity index (χ1n) is 13.2. The van der Waals surface area contributed by atoms with E-state index in [1.807, 2.05) is 7.05 Å². The molecule has 44 heavy (non-hydrogen) atoms. The zero-order chi connectivity index (χ0) is 31.9. The van der Waals surface area contributed by atoms with Gasteiger partial charge in [0.2, 0.25) is 0 Å². The number of hydrogen-bond donors (Lipinski definition) is 6. The second kappa shape index (κ2) is 16.7. The van der Waals surface area contributed by atoms with Gasteiger partial charge in [0.15, 0.2) is 11.6 Å². The molecule has 4 aromatic rings. The molecule has 4 rings (SSSR count). The van der Waals surface area contributed by atoms with E-state index in [4.69, 9.17) is 5.73 Å². The number of aromatic nitrogens is 3. The van der Waals surface area contributed by atoms with Crippen molar-refractivity contribution in [3.8, 4) is 40.0 Å². The molecule has 0 saturated heterocycles. The van der Waals surface area contributed by atoms with Gasteiger partial charge in [0.25, 0.3) is 5.91 Å². The molecule has 0 saturated carbocycles. The molecule has 0 aliphatic rings. The molecule has 0 radical (unpaired) electrons. The van der Waals surface area contributed by atoms with Crippen LogP contribution < -0.4 is 21.8 Å². The number of thiocarbonyl (C=S) groups is 1. The number of allylic oxidation sites excluding steroid dienone is 1. The van der Waals surface area contributed by atoms with Crippen molar-refractivity contribution in [3.63, 3.8) is 0 Å². The number of benzene rings is 3. The van der Waals surface area contributed by atoms with Crippen molar-refractivity contribution in [1.29, 1.82) is 0 Å². The van der Waals surface area contributed by atoms with Crippen LogP contribution in [0.5, 0.6) is 11.5 Å². The molecule has 1 heterocycles. The number of carbonyl (C=O) groups is 1. The minimum Gasteiger partial charge on any atom is -0.507 e. The maximum Gasteiger partial charge on any atom is 0.251 e. The molecular weight excluding hydrogens is 578 g/mol. The van der Waals surface area contributed by atoms with Crippen LogP contribution in [0.2, 0.25) is 0 Å². The van der Waals surface area contributed by atoms with Gasteiger partial charge in [-0.25, -0.2) is 9.67 Å². The number of likely N-dealkylation sites (N-methyl/N-ethyl adjacent to an activating group) is 1. The Kier molecular flexibility index (Phi) is 12.5. The lowest BCUT2D eigenvalue weighted by Crippen LogP contribution is -2.30. The maximum atomic E-state index is 12.3. The van der Waals surface area contributed by atoms with E-state index in [-0.39, 0.29) is 17.4 Å². The Balaban J connectivity index is 0.000000375. The van der Waals surface area contributed by atoms with Crippen LogP contribution in [0.1, 0.15) is 10.4 Å². The van der Waals surface area contributed by atoms with E-state index in [0.29, 0.717) is 58.5 Å². The van der Waals surface area contributed by atoms with E-state index in [9.17, 15) is 15.0 Å². The third-order valence-corrected chi connectivity index (χ3v) is 5.91. The van der Waals surface area contributed by atoms with Crippen LogP contribution in [-0.4, -0.2) is 68.4 Å². The molecular formula is C31H33N9O3S. The number of rotatable bonds is 12. The summed E-state index contributed by atoms with van der Waals surface area (Å²) in [5.74, 6) is 0.677. The highest BCUT2D eigenvalue weighted by Crippen LogP contribution is 2.33. The summed E-state index contributed by atoms with van der Waals surface area (Å²) in [6.07, 6.45) is 2.77. The lowest BCUT2D eigenvalue weighted by molar-refractivity contribution is 0.0954. The highest BCUT2D eigenvalue weighted by atomic mass is 32.1. The molecule has 0 atom stereocenters. The summed E-state index contributed by atoms with van der Waals surface area (Å²) in [6, 6.07) is 20.6. The lowest BCUT2D eigenvalue weighted by Gasteiger charge is -2.09. The molecule has 7 N–H and O–H groups in total. The standard InChI is InChI=1S/C24H23N5O3.C7H10N4S/c1-25-14-15-26-24(32)16-10-12-17(13-11-16)29-23(19-7-3-5-9-21(19)31)27-22(28-29)18-6-2-4-8-20(18)30;1-3-9-7(6(2)8)4-10-11-5-12/h2-13,25,30-31H,14-15H2,1H3,(H,26,32);3-5H,1-2,8H2,(H,11,12)/b;9-7?,10-4+. The number of para-hydroxylation sites is 2. The normalized spacial score (nSPS) is 10.9. The number of carbonyl (C=O) groups excluding carboxylic acids is 1. The molecule has 0 unspecified atom stereocenters. The number of phenols is 2. The van der Waals surface area contributed by atoms with Gasteiger partial charge in [0.1, 0.15) is 17.2 Å². The second-order valence-electron chi connectivity index (χ2n) is 8.84. The van der Waals surface area contributed by atoms with Crippen molar-refractivity contribution >= 4 is 35.5 Å². The van der Waals surface area contributed by atoms with Gasteiger partial charge in [-0.1, -0.05) is 49.6 Å². The first-order valence-corrected chi connectivity index (χ1v) is 13.7. The van der Waals surface area contributed by atoms with E-state index in [1.54, 1.807) is 77.5 Å². The van der Waals surface area contributed by atoms with Crippen molar-refractivity contribution < 1.29 is 15.0 Å². The molecule has 226 valence electrons. The number of aromatic hydroxyl groups is 2. The monoisotopic (exact) mass is 611 g/mol. The Bertz CT molecular complexity index is 1660. The van der Waals surface area contributed by atoms with E-state index in [1.165, 1.54) is 17.9 Å². The summed E-state index contributed by atoms with van der Waals surface area (Å²) in [7, 11) is 1.82. The van der Waals surface area contributed by atoms with Gasteiger partial charge < -0.3 is 26.6 Å². The molecule has 3 aromatic carbocycles. The zero-order valence-electron chi connectivity index (χ0n) is 24.0. The Morgan fingerprint density at radius 1 is 1.02 bits per heavy atom. The smallest absolute Gasteiger partial charge is 0.251 e. The molecule has 1 amide bonds. The van der Waals surface area contributed by atoms with Gasteiger partial charge in [-0.15, -0.1) is 5.10 Å². The number of nitrogens with two attached hydrogens (primary N) is 1. The molecule has 0 fully saturated rings. The first-order chi connectivity index (χ1) is 21.3. The number of hydrazone groups is 1. The van der Waals surface area contributed by atoms with Gasteiger partial charge in [-0.3, -0.25) is 15.2 Å². The fourth-order valence-electron chi connectivity index (χ4n) is 3.69. The van der Waals surface area contributed by atoms with Crippen LogP contribution in [-0.2, 0) is 0 Å². The van der Waals surface area contributed by atoms with Crippen molar-refractivity contribution in [3.05, 3.63) is 103 Å². The third kappa shape index (κ3) is 8.92. The van der Waals surface area contributed by atoms with E-state index >= 15 is 0 Å². The Hall–Kier alpha value is -5.66. The molecule has 0 aliphatic carbocycles. The second-order valence-corrected chi connectivity index (χ2v) is 9.07. The number of nitrogens with one attached hydrogen (secondary N) is 3. The van der Waals surface area contributed by atoms with Crippen molar-refractivity contribution in [2.75, 3.05) is 20.1 Å². The van der Waals surface area contributed by atoms with Gasteiger partial charge in [-0.2, -0.15) is 5.10 Å². The zero-order valence-corrected chi connectivity index (χ0v) is 24.8. The summed E-state index contributed by atoms with van der Waals surface area (Å²) < 4.78 is 1.58. The topological polar surface area (TPSA) is 175 Å². The van der Waals surface area contributed by atoms with E-state index < -0.39 is 0 Å². The summed E-state index contributed by atoms with van der Waals surface area (Å²) >= 11 is 4.47. The number of aliphatic imine (C=N–C) groups is 1. The lowest BCUT2D eigenvalue weighted by atomic mass is 10.1. The van der Waals surface area contributed by atoms with Crippen LogP contribution >= 0.6 is 12.2 Å². The van der Waals surface area contributed by atoms with Crippen LogP contribution in [0.4, 0.5) is 0 Å². The number of hydrogen-bond acceptors (Lipinski definition) is 10. The predicted molar refractivity (Wildman–Crippen MR) is 178 cm³/mol. The Labute approximate surface area is 260 Å². The van der Waals surface area contributed by atoms with Gasteiger partial charge in [-0.05, 0) is 55.6 Å². The maximum absolute atomic E-state index is 12.3. The fourth-order valence-corrected chi connectivity index (χ4v) is 3.75. The fraction of sp³-hybridized carbons (Fsp3) is 0.0968. The summed E-state index contributed by atoms with van der Waals surface area (Å²) in [5, 5.41) is 34.7. The van der Waals surface area contributed by atoms with Gasteiger partial charge >= 0.3 is 0 Å². The Morgan fingerprint density at radius 2 is 1.66 bits per heavy atom. The number of amides is 1. The molecule has 1 aromatic heterocycles. The molecule has 13 heteroatoms. The molecule has 12 nitrogen and oxygen atoms in total. The minimum absolute atomic E-state index is 0.0575. The van der Waals surface area contributed by atoms with Crippen molar-refractivity contribution in [1.82, 2.24) is 30.8 Å². The van der Waals surface area contributed by atoms with Crippen LogP contribution in [0.15, 0.2) is 108 Å². The predicted octanol–water partition coefficient (Wildman–Crippen LogP) is 3.54. The van der Waals surface area contributed by atoms with Crippen LogP contribution in [0.3, 0.4) is 0 Å². The first kappa shape index (κ1) is 32.8. The third-order valence-electron chi connectivity index (χ3n) is 5.81.